The molecule has 0 radical (unpaired) electrons. The van der Waals surface area contributed by atoms with Crippen LogP contribution < -0.4 is 29.7 Å². The molecule has 0 saturated carbocycles. The number of benzene rings is 1. The van der Waals surface area contributed by atoms with Crippen LogP contribution in [0.1, 0.15) is 6.92 Å². The van der Waals surface area contributed by atoms with Gasteiger partial charge in [-0.25, -0.2) is 15.0 Å². The molecule has 2 heterocycles. The van der Waals surface area contributed by atoms with Crippen LogP contribution in [-0.4, -0.2) is 55.0 Å². The van der Waals surface area contributed by atoms with Crippen LogP contribution >= 0.6 is 12.2 Å². The number of rotatable bonds is 7. The average Bonchev–Trinajstić information content (AvgIpc) is 2.77. The number of anilines is 3. The fourth-order valence-corrected chi connectivity index (χ4v) is 3.05. The molecule has 9 nitrogen and oxygen atoms in total. The Labute approximate surface area is 180 Å². The highest BCUT2D eigenvalue weighted by Crippen LogP contribution is 2.40. The van der Waals surface area contributed by atoms with Gasteiger partial charge in [0.25, 0.3) is 0 Å². The highest BCUT2D eigenvalue weighted by atomic mass is 32.1. The van der Waals surface area contributed by atoms with Gasteiger partial charge in [-0.1, -0.05) is 0 Å². The first-order chi connectivity index (χ1) is 14.5. The molecule has 0 unspecified atom stereocenters. The number of nitrogens with one attached hydrogen (secondary N) is 2. The lowest BCUT2D eigenvalue weighted by molar-refractivity contribution is 0.324. The van der Waals surface area contributed by atoms with E-state index in [1.807, 2.05) is 26.1 Å². The van der Waals surface area contributed by atoms with E-state index in [4.69, 9.17) is 26.4 Å². The molecule has 0 aliphatic rings. The fourth-order valence-electron chi connectivity index (χ4n) is 2.81. The average molecular weight is 429 g/mol. The molecule has 0 amide bonds. The molecular formula is C20H24N6O3S. The molecule has 0 fully saturated rings. The fraction of sp³-hybridized carbons (Fsp3) is 0.300. The van der Waals surface area contributed by atoms with E-state index in [0.29, 0.717) is 50.8 Å². The van der Waals surface area contributed by atoms with E-state index >= 15 is 0 Å². The summed E-state index contributed by atoms with van der Waals surface area (Å²) in [7, 11) is 6.54. The number of pyridine rings is 1. The Bertz CT molecular complexity index is 1040. The smallest absolute Gasteiger partial charge is 0.203 e. The minimum Gasteiger partial charge on any atom is -0.493 e. The maximum atomic E-state index is 5.39. The standard InChI is InChI=1S/C20H24N6O3S/c1-6-21-20(30)26(2)17-8-7-13-19(25-17)24-16(11-22-13)23-12-9-14(27-3)18(29-5)15(10-12)28-4/h7-11H,6H2,1-5H3,(H,21,30)(H,23,24,25). The zero-order valence-electron chi connectivity index (χ0n) is 17.5. The number of hydrogen-bond acceptors (Lipinski definition) is 8. The van der Waals surface area contributed by atoms with Crippen molar-refractivity contribution in [2.45, 2.75) is 6.92 Å². The summed E-state index contributed by atoms with van der Waals surface area (Å²) in [5.41, 5.74) is 1.88. The van der Waals surface area contributed by atoms with Crippen molar-refractivity contribution in [3.63, 3.8) is 0 Å². The molecule has 1 aromatic carbocycles. The number of methoxy groups -OCH3 is 3. The van der Waals surface area contributed by atoms with Crippen molar-refractivity contribution in [3.05, 3.63) is 30.5 Å². The van der Waals surface area contributed by atoms with Crippen molar-refractivity contribution < 1.29 is 14.2 Å². The number of hydrogen-bond donors (Lipinski definition) is 2. The Morgan fingerprint density at radius 2 is 1.77 bits per heavy atom. The number of thiocarbonyl (C=S) groups is 1. The lowest BCUT2D eigenvalue weighted by Gasteiger charge is -2.19. The zero-order chi connectivity index (χ0) is 21.7. The summed E-state index contributed by atoms with van der Waals surface area (Å²) in [6.45, 7) is 2.72. The highest BCUT2D eigenvalue weighted by Gasteiger charge is 2.14. The van der Waals surface area contributed by atoms with Gasteiger partial charge in [0.05, 0.1) is 27.5 Å². The number of nitrogens with zero attached hydrogens (tertiary/aromatic N) is 4. The van der Waals surface area contributed by atoms with Crippen molar-refractivity contribution >= 4 is 45.8 Å². The summed E-state index contributed by atoms with van der Waals surface area (Å²) >= 11 is 5.35. The van der Waals surface area contributed by atoms with Gasteiger partial charge >= 0.3 is 0 Å². The summed E-state index contributed by atoms with van der Waals surface area (Å²) < 4.78 is 16.1. The maximum absolute atomic E-state index is 5.39. The van der Waals surface area contributed by atoms with Gasteiger partial charge in [-0.2, -0.15) is 0 Å². The molecule has 10 heteroatoms. The molecule has 0 atom stereocenters. The lowest BCUT2D eigenvalue weighted by atomic mass is 10.2. The van der Waals surface area contributed by atoms with Gasteiger partial charge in [0.2, 0.25) is 5.75 Å². The van der Waals surface area contributed by atoms with Gasteiger partial charge in [-0.3, -0.25) is 0 Å². The van der Waals surface area contributed by atoms with Crippen molar-refractivity contribution in [2.75, 3.05) is 45.1 Å². The summed E-state index contributed by atoms with van der Waals surface area (Å²) in [4.78, 5) is 15.4. The number of aromatic nitrogens is 3. The normalized spacial score (nSPS) is 10.4. The van der Waals surface area contributed by atoms with Gasteiger partial charge in [-0.05, 0) is 31.3 Å². The van der Waals surface area contributed by atoms with Crippen LogP contribution in [0.4, 0.5) is 17.3 Å². The van der Waals surface area contributed by atoms with Gasteiger partial charge in [0.1, 0.15) is 11.3 Å². The van der Waals surface area contributed by atoms with Crippen LogP contribution in [0.25, 0.3) is 11.2 Å². The summed E-state index contributed by atoms with van der Waals surface area (Å²) in [5.74, 6) is 2.78. The van der Waals surface area contributed by atoms with Crippen LogP contribution in [0.15, 0.2) is 30.5 Å². The second-order valence-electron chi connectivity index (χ2n) is 6.20. The predicted molar refractivity (Wildman–Crippen MR) is 121 cm³/mol. The van der Waals surface area contributed by atoms with E-state index < -0.39 is 0 Å². The second-order valence-corrected chi connectivity index (χ2v) is 6.59. The third kappa shape index (κ3) is 4.43. The Balaban J connectivity index is 1.92. The van der Waals surface area contributed by atoms with E-state index in [2.05, 4.69) is 25.6 Å². The molecular weight excluding hydrogens is 404 g/mol. The van der Waals surface area contributed by atoms with Gasteiger partial charge in [0, 0.05) is 31.4 Å². The van der Waals surface area contributed by atoms with E-state index in [-0.39, 0.29) is 0 Å². The molecule has 3 rings (SSSR count). The molecule has 0 bridgehead atoms. The summed E-state index contributed by atoms with van der Waals surface area (Å²) in [6.07, 6.45) is 1.64. The molecule has 0 spiro atoms. The Kier molecular flexibility index (Phi) is 6.68. The van der Waals surface area contributed by atoms with Crippen molar-refractivity contribution in [2.24, 2.45) is 0 Å². The second kappa shape index (κ2) is 9.40. The number of fused-ring (bicyclic) bond motifs is 1. The topological polar surface area (TPSA) is 93.7 Å². The van der Waals surface area contributed by atoms with E-state index in [9.17, 15) is 0 Å². The monoisotopic (exact) mass is 428 g/mol. The summed E-state index contributed by atoms with van der Waals surface area (Å²) in [5, 5.41) is 6.90. The first kappa shape index (κ1) is 21.3. The molecule has 3 aromatic rings. The molecule has 158 valence electrons. The van der Waals surface area contributed by atoms with E-state index in [1.54, 1.807) is 44.6 Å². The third-order valence-electron chi connectivity index (χ3n) is 4.31. The minimum absolute atomic E-state index is 0.496. The Morgan fingerprint density at radius 1 is 1.07 bits per heavy atom. The molecule has 2 N–H and O–H groups in total. The predicted octanol–water partition coefficient (Wildman–Crippen LogP) is 3.12. The van der Waals surface area contributed by atoms with Crippen LogP contribution in [0.2, 0.25) is 0 Å². The molecule has 0 saturated heterocycles. The third-order valence-corrected chi connectivity index (χ3v) is 4.72. The van der Waals surface area contributed by atoms with Crippen molar-refractivity contribution in [1.29, 1.82) is 0 Å². The Hall–Kier alpha value is -3.40. The van der Waals surface area contributed by atoms with Crippen LogP contribution in [-0.2, 0) is 0 Å². The van der Waals surface area contributed by atoms with Gasteiger partial charge in [-0.15, -0.1) is 0 Å². The first-order valence-corrected chi connectivity index (χ1v) is 9.63. The van der Waals surface area contributed by atoms with E-state index in [1.165, 1.54) is 0 Å². The Morgan fingerprint density at radius 3 is 2.37 bits per heavy atom. The molecule has 0 aliphatic carbocycles. The zero-order valence-corrected chi connectivity index (χ0v) is 18.3. The van der Waals surface area contributed by atoms with Crippen LogP contribution in [0.5, 0.6) is 17.2 Å². The van der Waals surface area contributed by atoms with E-state index in [0.717, 1.165) is 6.54 Å². The largest absolute Gasteiger partial charge is 0.493 e. The maximum Gasteiger partial charge on any atom is 0.203 e. The lowest BCUT2D eigenvalue weighted by Crippen LogP contribution is -2.37. The van der Waals surface area contributed by atoms with Crippen molar-refractivity contribution in [3.8, 4) is 17.2 Å². The summed E-state index contributed by atoms with van der Waals surface area (Å²) in [6, 6.07) is 7.30. The SMILES string of the molecule is CCNC(=S)N(C)c1ccc2ncc(Nc3cc(OC)c(OC)c(OC)c3)nc2n1. The molecule has 30 heavy (non-hydrogen) atoms. The first-order valence-electron chi connectivity index (χ1n) is 9.23. The van der Waals surface area contributed by atoms with Crippen LogP contribution in [0, 0.1) is 0 Å². The van der Waals surface area contributed by atoms with Gasteiger partial charge < -0.3 is 29.7 Å². The molecule has 2 aromatic heterocycles. The quantitative estimate of drug-likeness (QED) is 0.547. The number of ether oxygens (including phenoxy) is 3. The minimum atomic E-state index is 0.496. The van der Waals surface area contributed by atoms with Crippen LogP contribution in [0.3, 0.4) is 0 Å². The molecule has 0 aliphatic heterocycles. The van der Waals surface area contributed by atoms with Gasteiger partial charge in [0.15, 0.2) is 28.1 Å². The van der Waals surface area contributed by atoms with Crippen molar-refractivity contribution in [1.82, 2.24) is 20.3 Å². The highest BCUT2D eigenvalue weighted by molar-refractivity contribution is 7.80.